The highest BCUT2D eigenvalue weighted by molar-refractivity contribution is 5.99. The SMILES string of the molecule is CC1(C)[C@H]2CC[C@]1(C)/C(=N/NC(=O)c1ccc(NC3CC3)c([N+](=O)[O-])c1)C2. The van der Waals surface area contributed by atoms with Crippen LogP contribution in [0.25, 0.3) is 0 Å². The molecule has 3 aliphatic rings. The third-order valence-corrected chi connectivity index (χ3v) is 7.20. The maximum atomic E-state index is 12.5. The average molecular weight is 370 g/mol. The minimum absolute atomic E-state index is 0.00891. The third kappa shape index (κ3) is 2.89. The molecule has 7 nitrogen and oxygen atoms in total. The molecule has 2 bridgehead atoms. The number of hydrogen-bond acceptors (Lipinski definition) is 5. The molecule has 1 aromatic carbocycles. The summed E-state index contributed by atoms with van der Waals surface area (Å²) in [6.07, 6.45) is 5.25. The van der Waals surface area contributed by atoms with Gasteiger partial charge < -0.3 is 5.32 Å². The summed E-state index contributed by atoms with van der Waals surface area (Å²) in [5, 5.41) is 18.9. The first-order valence-corrected chi connectivity index (χ1v) is 9.65. The van der Waals surface area contributed by atoms with Crippen LogP contribution in [0.5, 0.6) is 0 Å². The first kappa shape index (κ1) is 17.9. The summed E-state index contributed by atoms with van der Waals surface area (Å²) in [4.78, 5) is 23.5. The summed E-state index contributed by atoms with van der Waals surface area (Å²) in [5.41, 5.74) is 4.51. The van der Waals surface area contributed by atoms with Crippen LogP contribution in [-0.4, -0.2) is 22.6 Å². The summed E-state index contributed by atoms with van der Waals surface area (Å²) in [6.45, 7) is 6.79. The van der Waals surface area contributed by atoms with Crippen molar-refractivity contribution in [3.05, 3.63) is 33.9 Å². The van der Waals surface area contributed by atoms with Crippen LogP contribution in [0.3, 0.4) is 0 Å². The molecule has 0 radical (unpaired) electrons. The lowest BCUT2D eigenvalue weighted by molar-refractivity contribution is -0.384. The molecule has 3 aliphatic carbocycles. The summed E-state index contributed by atoms with van der Waals surface area (Å²) < 4.78 is 0. The Morgan fingerprint density at radius 1 is 1.26 bits per heavy atom. The Hall–Kier alpha value is -2.44. The molecule has 2 N–H and O–H groups in total. The van der Waals surface area contributed by atoms with Crippen LogP contribution in [0.2, 0.25) is 0 Å². The van der Waals surface area contributed by atoms with E-state index in [1.807, 2.05) is 0 Å². The van der Waals surface area contributed by atoms with Gasteiger partial charge >= 0.3 is 0 Å². The topological polar surface area (TPSA) is 96.6 Å². The number of nitrogens with zero attached hydrogens (tertiary/aromatic N) is 2. The Kier molecular flexibility index (Phi) is 4.01. The van der Waals surface area contributed by atoms with E-state index in [9.17, 15) is 14.9 Å². The van der Waals surface area contributed by atoms with Crippen molar-refractivity contribution >= 4 is 23.0 Å². The standard InChI is InChI=1S/C20H26N4O3/c1-19(2)13-8-9-20(19,3)17(11-13)22-23-18(25)12-4-7-15(21-14-5-6-14)16(10-12)24(26)27/h4,7,10,13-14,21H,5-6,8-9,11H2,1-3H3,(H,23,25)/b22-17+/t13-,20+/m0/s1. The van der Waals surface area contributed by atoms with Gasteiger partial charge in [-0.25, -0.2) is 5.43 Å². The van der Waals surface area contributed by atoms with E-state index < -0.39 is 10.8 Å². The van der Waals surface area contributed by atoms with Crippen molar-refractivity contribution in [3.8, 4) is 0 Å². The summed E-state index contributed by atoms with van der Waals surface area (Å²) >= 11 is 0. The highest BCUT2D eigenvalue weighted by atomic mass is 16.6. The Morgan fingerprint density at radius 3 is 2.56 bits per heavy atom. The number of fused-ring (bicyclic) bond motifs is 2. The van der Waals surface area contributed by atoms with E-state index in [1.165, 1.54) is 12.5 Å². The van der Waals surface area contributed by atoms with Crippen molar-refractivity contribution < 1.29 is 9.72 Å². The highest BCUT2D eigenvalue weighted by Gasteiger charge is 2.60. The first-order valence-electron chi connectivity index (χ1n) is 9.65. The average Bonchev–Trinajstić information content (AvgIpc) is 3.38. The van der Waals surface area contributed by atoms with Crippen LogP contribution < -0.4 is 10.7 Å². The lowest BCUT2D eigenvalue weighted by Gasteiger charge is -2.34. The molecule has 1 amide bonds. The maximum Gasteiger partial charge on any atom is 0.293 e. The molecule has 1 aromatic rings. The zero-order valence-corrected chi connectivity index (χ0v) is 16.0. The van der Waals surface area contributed by atoms with Gasteiger partial charge in [-0.1, -0.05) is 20.8 Å². The van der Waals surface area contributed by atoms with Gasteiger partial charge in [0.25, 0.3) is 11.6 Å². The van der Waals surface area contributed by atoms with Gasteiger partial charge in [-0.15, -0.1) is 0 Å². The molecule has 0 heterocycles. The molecule has 3 fully saturated rings. The first-order chi connectivity index (χ1) is 12.7. The molecule has 3 saturated carbocycles. The van der Waals surface area contributed by atoms with E-state index in [0.717, 1.165) is 31.4 Å². The number of nitrogens with one attached hydrogen (secondary N) is 2. The molecule has 2 atom stereocenters. The van der Waals surface area contributed by atoms with Crippen molar-refractivity contribution in [2.45, 2.75) is 58.9 Å². The minimum Gasteiger partial charge on any atom is -0.377 e. The predicted molar refractivity (Wildman–Crippen MR) is 104 cm³/mol. The van der Waals surface area contributed by atoms with E-state index >= 15 is 0 Å². The van der Waals surface area contributed by atoms with Gasteiger partial charge in [0.2, 0.25) is 0 Å². The number of carbonyl (C=O) groups excluding carboxylic acids is 1. The lowest BCUT2D eigenvalue weighted by atomic mass is 9.70. The van der Waals surface area contributed by atoms with Crippen LogP contribution in [0.4, 0.5) is 11.4 Å². The van der Waals surface area contributed by atoms with Gasteiger partial charge in [-0.2, -0.15) is 5.10 Å². The number of nitro benzene ring substituents is 1. The monoisotopic (exact) mass is 370 g/mol. The third-order valence-electron chi connectivity index (χ3n) is 7.20. The second-order valence-corrected chi connectivity index (χ2v) is 8.90. The fourth-order valence-electron chi connectivity index (χ4n) is 4.67. The van der Waals surface area contributed by atoms with Crippen LogP contribution >= 0.6 is 0 Å². The zero-order valence-electron chi connectivity index (χ0n) is 16.0. The summed E-state index contributed by atoms with van der Waals surface area (Å²) in [7, 11) is 0. The van der Waals surface area contributed by atoms with Gasteiger partial charge in [0.05, 0.1) is 4.92 Å². The van der Waals surface area contributed by atoms with E-state index in [4.69, 9.17) is 0 Å². The molecule has 0 aliphatic heterocycles. The molecule has 0 spiro atoms. The van der Waals surface area contributed by atoms with Crippen LogP contribution in [0, 0.1) is 26.9 Å². The fourth-order valence-corrected chi connectivity index (χ4v) is 4.67. The van der Waals surface area contributed by atoms with Gasteiger partial charge in [-0.05, 0) is 55.6 Å². The predicted octanol–water partition coefficient (Wildman–Crippen LogP) is 4.10. The van der Waals surface area contributed by atoms with Crippen molar-refractivity contribution in [1.29, 1.82) is 0 Å². The summed E-state index contributed by atoms with van der Waals surface area (Å²) in [6, 6.07) is 4.85. The minimum atomic E-state index is -0.452. The normalized spacial score (nSPS) is 29.7. The Balaban J connectivity index is 1.52. The van der Waals surface area contributed by atoms with E-state index in [1.54, 1.807) is 12.1 Å². The van der Waals surface area contributed by atoms with Gasteiger partial charge in [-0.3, -0.25) is 14.9 Å². The molecule has 0 unspecified atom stereocenters. The van der Waals surface area contributed by atoms with Crippen molar-refractivity contribution in [2.24, 2.45) is 21.8 Å². The molecule has 27 heavy (non-hydrogen) atoms. The van der Waals surface area contributed by atoms with Crippen molar-refractivity contribution in [2.75, 3.05) is 5.32 Å². The number of nitro groups is 1. The number of anilines is 1. The van der Waals surface area contributed by atoms with Crippen molar-refractivity contribution in [1.82, 2.24) is 5.43 Å². The maximum absolute atomic E-state index is 12.5. The molecular formula is C20H26N4O3. The summed E-state index contributed by atoms with van der Waals surface area (Å²) in [5.74, 6) is 0.194. The highest BCUT2D eigenvalue weighted by Crippen LogP contribution is 2.63. The fraction of sp³-hybridized carbons (Fsp3) is 0.600. The van der Waals surface area contributed by atoms with E-state index in [-0.39, 0.29) is 22.1 Å². The van der Waals surface area contributed by atoms with Crippen molar-refractivity contribution in [3.63, 3.8) is 0 Å². The number of carbonyl (C=O) groups is 1. The van der Waals surface area contributed by atoms with Gasteiger partial charge in [0, 0.05) is 28.8 Å². The van der Waals surface area contributed by atoms with E-state index in [2.05, 4.69) is 36.6 Å². The molecule has 7 heteroatoms. The number of amides is 1. The molecule has 0 saturated heterocycles. The Morgan fingerprint density at radius 2 is 2.00 bits per heavy atom. The lowest BCUT2D eigenvalue weighted by Crippen LogP contribution is -2.34. The van der Waals surface area contributed by atoms with Crippen LogP contribution in [0.1, 0.15) is 63.2 Å². The number of rotatable bonds is 5. The second-order valence-electron chi connectivity index (χ2n) is 8.90. The van der Waals surface area contributed by atoms with E-state index in [0.29, 0.717) is 17.6 Å². The van der Waals surface area contributed by atoms with Gasteiger partial charge in [0.1, 0.15) is 5.69 Å². The zero-order chi connectivity index (χ0) is 19.4. The number of hydrazone groups is 1. The number of hydrogen-bond donors (Lipinski definition) is 2. The molecule has 144 valence electrons. The number of benzene rings is 1. The molecular weight excluding hydrogens is 344 g/mol. The van der Waals surface area contributed by atoms with Crippen LogP contribution in [-0.2, 0) is 0 Å². The largest absolute Gasteiger partial charge is 0.377 e. The molecule has 4 rings (SSSR count). The van der Waals surface area contributed by atoms with Crippen LogP contribution in [0.15, 0.2) is 23.3 Å². The smallest absolute Gasteiger partial charge is 0.293 e. The Labute approximate surface area is 158 Å². The quantitative estimate of drug-likeness (QED) is 0.602. The Bertz CT molecular complexity index is 844. The second kappa shape index (κ2) is 6.04. The molecule has 0 aromatic heterocycles. The van der Waals surface area contributed by atoms with Gasteiger partial charge in [0.15, 0.2) is 0 Å².